The molecule has 6 heteroatoms. The van der Waals surface area contributed by atoms with Crippen molar-refractivity contribution >= 4 is 5.96 Å². The van der Waals surface area contributed by atoms with E-state index in [2.05, 4.69) is 15.6 Å². The Morgan fingerprint density at radius 2 is 2.04 bits per heavy atom. The van der Waals surface area contributed by atoms with Crippen molar-refractivity contribution in [3.05, 3.63) is 48.4 Å². The maximum absolute atomic E-state index is 5.90. The van der Waals surface area contributed by atoms with Gasteiger partial charge in [0.2, 0.25) is 0 Å². The second-order valence-electron chi connectivity index (χ2n) is 5.21. The van der Waals surface area contributed by atoms with Gasteiger partial charge in [0, 0.05) is 20.0 Å². The minimum absolute atomic E-state index is 0.0477. The number of nitrogens with zero attached hydrogens (tertiary/aromatic N) is 1. The molecule has 1 aliphatic rings. The Labute approximate surface area is 135 Å². The number of para-hydroxylation sites is 2. The molecule has 1 atom stereocenters. The summed E-state index contributed by atoms with van der Waals surface area (Å²) in [4.78, 5) is 4.20. The number of ether oxygens (including phenoxy) is 2. The lowest BCUT2D eigenvalue weighted by atomic mass is 10.2. The summed E-state index contributed by atoms with van der Waals surface area (Å²) in [5, 5.41) is 6.50. The molecule has 122 valence electrons. The summed E-state index contributed by atoms with van der Waals surface area (Å²) in [6, 6.07) is 11.5. The highest BCUT2D eigenvalue weighted by molar-refractivity contribution is 5.79. The number of furan rings is 1. The van der Waals surface area contributed by atoms with Gasteiger partial charge in [0.05, 0.1) is 12.8 Å². The highest BCUT2D eigenvalue weighted by Crippen LogP contribution is 2.30. The van der Waals surface area contributed by atoms with Crippen molar-refractivity contribution in [2.24, 2.45) is 4.99 Å². The van der Waals surface area contributed by atoms with Gasteiger partial charge in [-0.05, 0) is 24.3 Å². The second-order valence-corrected chi connectivity index (χ2v) is 5.21. The highest BCUT2D eigenvalue weighted by atomic mass is 16.6. The predicted octanol–water partition coefficient (Wildman–Crippen LogP) is 1.83. The van der Waals surface area contributed by atoms with E-state index in [1.54, 1.807) is 13.3 Å². The maximum Gasteiger partial charge on any atom is 0.191 e. The Hall–Kier alpha value is -2.63. The zero-order valence-electron chi connectivity index (χ0n) is 13.1. The van der Waals surface area contributed by atoms with Gasteiger partial charge in [0.25, 0.3) is 0 Å². The normalized spacial score (nSPS) is 16.9. The third-order valence-corrected chi connectivity index (χ3v) is 3.53. The van der Waals surface area contributed by atoms with E-state index >= 15 is 0 Å². The van der Waals surface area contributed by atoms with Gasteiger partial charge >= 0.3 is 0 Å². The van der Waals surface area contributed by atoms with Gasteiger partial charge in [0.1, 0.15) is 18.5 Å². The van der Waals surface area contributed by atoms with Gasteiger partial charge < -0.3 is 24.5 Å². The molecule has 23 heavy (non-hydrogen) atoms. The molecule has 0 saturated heterocycles. The van der Waals surface area contributed by atoms with E-state index in [1.807, 2.05) is 36.4 Å². The van der Waals surface area contributed by atoms with Crippen LogP contribution in [-0.4, -0.2) is 38.8 Å². The molecule has 1 aliphatic heterocycles. The molecular weight excluding hydrogens is 294 g/mol. The Bertz CT molecular complexity index is 640. The zero-order chi connectivity index (χ0) is 15.9. The first-order chi connectivity index (χ1) is 11.3. The topological polar surface area (TPSA) is 68.0 Å². The number of rotatable bonds is 5. The lowest BCUT2D eigenvalue weighted by Gasteiger charge is -2.27. The first kappa shape index (κ1) is 15.3. The minimum Gasteiger partial charge on any atom is -0.486 e. The number of hydrogen-bond donors (Lipinski definition) is 2. The number of nitrogens with one attached hydrogen (secondary N) is 2. The van der Waals surface area contributed by atoms with Crippen LogP contribution in [0, 0.1) is 0 Å². The Kier molecular flexibility index (Phi) is 5.03. The fourth-order valence-electron chi connectivity index (χ4n) is 2.35. The van der Waals surface area contributed by atoms with Crippen molar-refractivity contribution in [3.63, 3.8) is 0 Å². The Morgan fingerprint density at radius 1 is 1.17 bits per heavy atom. The first-order valence-electron chi connectivity index (χ1n) is 7.70. The van der Waals surface area contributed by atoms with Crippen molar-refractivity contribution < 1.29 is 13.9 Å². The lowest BCUT2D eigenvalue weighted by Crippen LogP contribution is -2.45. The van der Waals surface area contributed by atoms with Gasteiger partial charge in [0.15, 0.2) is 17.5 Å². The quantitative estimate of drug-likeness (QED) is 0.651. The molecule has 0 bridgehead atoms. The molecule has 2 N–H and O–H groups in total. The summed E-state index contributed by atoms with van der Waals surface area (Å²) in [6.07, 6.45) is 2.44. The summed E-state index contributed by atoms with van der Waals surface area (Å²) in [5.41, 5.74) is 0. The van der Waals surface area contributed by atoms with Gasteiger partial charge in [-0.3, -0.25) is 4.99 Å². The fourth-order valence-corrected chi connectivity index (χ4v) is 2.35. The summed E-state index contributed by atoms with van der Waals surface area (Å²) in [7, 11) is 1.75. The predicted molar refractivity (Wildman–Crippen MR) is 88.1 cm³/mol. The molecule has 0 saturated carbocycles. The number of hydrogen-bond acceptors (Lipinski definition) is 4. The molecule has 1 aromatic carbocycles. The minimum atomic E-state index is -0.0477. The number of fused-ring (bicyclic) bond motifs is 1. The summed E-state index contributed by atoms with van der Waals surface area (Å²) < 4.78 is 16.9. The standard InChI is InChI=1S/C17H21N3O3/c1-18-17(19-9-8-13-5-4-10-21-13)20-11-14-12-22-15-6-2-3-7-16(15)23-14/h2-7,10,14H,8-9,11-12H2,1H3,(H2,18,19,20). The SMILES string of the molecule is CN=C(NCCc1ccco1)NCC1COc2ccccc2O1. The van der Waals surface area contributed by atoms with E-state index in [-0.39, 0.29) is 6.10 Å². The van der Waals surface area contributed by atoms with Crippen LogP contribution in [0.5, 0.6) is 11.5 Å². The molecule has 0 radical (unpaired) electrons. The number of aliphatic imine (C=N–C) groups is 1. The average Bonchev–Trinajstić information content (AvgIpc) is 3.11. The third kappa shape index (κ3) is 4.18. The molecule has 0 spiro atoms. The van der Waals surface area contributed by atoms with Crippen molar-refractivity contribution in [2.45, 2.75) is 12.5 Å². The van der Waals surface area contributed by atoms with E-state index in [0.717, 1.165) is 36.2 Å². The van der Waals surface area contributed by atoms with Crippen molar-refractivity contribution in [1.82, 2.24) is 10.6 Å². The number of benzene rings is 1. The van der Waals surface area contributed by atoms with Crippen LogP contribution in [0.4, 0.5) is 0 Å². The van der Waals surface area contributed by atoms with E-state index in [4.69, 9.17) is 13.9 Å². The second kappa shape index (κ2) is 7.58. The highest BCUT2D eigenvalue weighted by Gasteiger charge is 2.20. The largest absolute Gasteiger partial charge is 0.486 e. The van der Waals surface area contributed by atoms with Crippen LogP contribution in [-0.2, 0) is 6.42 Å². The van der Waals surface area contributed by atoms with Crippen LogP contribution in [0.3, 0.4) is 0 Å². The van der Waals surface area contributed by atoms with Gasteiger partial charge in [-0.25, -0.2) is 0 Å². The molecule has 6 nitrogen and oxygen atoms in total. The molecule has 2 heterocycles. The molecule has 0 aliphatic carbocycles. The smallest absolute Gasteiger partial charge is 0.191 e. The summed E-state index contributed by atoms with van der Waals surface area (Å²) >= 11 is 0. The molecule has 2 aromatic rings. The molecule has 1 unspecified atom stereocenters. The van der Waals surface area contributed by atoms with Gasteiger partial charge in [-0.1, -0.05) is 12.1 Å². The monoisotopic (exact) mass is 315 g/mol. The van der Waals surface area contributed by atoms with Crippen LogP contribution in [0.1, 0.15) is 5.76 Å². The van der Waals surface area contributed by atoms with Crippen LogP contribution in [0.25, 0.3) is 0 Å². The van der Waals surface area contributed by atoms with Crippen molar-refractivity contribution in [2.75, 3.05) is 26.7 Å². The molecular formula is C17H21N3O3. The van der Waals surface area contributed by atoms with E-state index in [9.17, 15) is 0 Å². The average molecular weight is 315 g/mol. The van der Waals surface area contributed by atoms with Crippen LogP contribution < -0.4 is 20.1 Å². The molecule has 0 fully saturated rings. The Balaban J connectivity index is 1.42. The summed E-state index contributed by atoms with van der Waals surface area (Å²) in [6.45, 7) is 1.89. The fraction of sp³-hybridized carbons (Fsp3) is 0.353. The van der Waals surface area contributed by atoms with Crippen LogP contribution >= 0.6 is 0 Å². The van der Waals surface area contributed by atoms with Crippen LogP contribution in [0.15, 0.2) is 52.1 Å². The molecule has 0 amide bonds. The third-order valence-electron chi connectivity index (χ3n) is 3.53. The van der Waals surface area contributed by atoms with E-state index in [1.165, 1.54) is 0 Å². The van der Waals surface area contributed by atoms with Gasteiger partial charge in [-0.15, -0.1) is 0 Å². The van der Waals surface area contributed by atoms with Crippen molar-refractivity contribution in [1.29, 1.82) is 0 Å². The van der Waals surface area contributed by atoms with Gasteiger partial charge in [-0.2, -0.15) is 0 Å². The van der Waals surface area contributed by atoms with E-state index in [0.29, 0.717) is 13.2 Å². The molecule has 3 rings (SSSR count). The zero-order valence-corrected chi connectivity index (χ0v) is 13.1. The number of guanidine groups is 1. The maximum atomic E-state index is 5.90. The van der Waals surface area contributed by atoms with Crippen molar-refractivity contribution in [3.8, 4) is 11.5 Å². The molecule has 1 aromatic heterocycles. The Morgan fingerprint density at radius 3 is 2.83 bits per heavy atom. The first-order valence-corrected chi connectivity index (χ1v) is 7.70. The summed E-state index contributed by atoms with van der Waals surface area (Å²) in [5.74, 6) is 3.27. The van der Waals surface area contributed by atoms with Crippen LogP contribution in [0.2, 0.25) is 0 Å². The lowest BCUT2D eigenvalue weighted by molar-refractivity contribution is 0.0936. The van der Waals surface area contributed by atoms with E-state index < -0.39 is 0 Å².